The molecule has 3 atom stereocenters. The van der Waals surface area contributed by atoms with Gasteiger partial charge in [-0.05, 0) is 98.6 Å². The van der Waals surface area contributed by atoms with E-state index in [1.165, 1.54) is 60.7 Å². The number of aromatic hydroxyl groups is 1. The third kappa shape index (κ3) is 10.1. The fraction of sp³-hybridized carbons (Fsp3) is 0.270. The van der Waals surface area contributed by atoms with E-state index in [4.69, 9.17) is 25.3 Å². The Bertz CT molecular complexity index is 1840. The van der Waals surface area contributed by atoms with Crippen LogP contribution in [0.15, 0.2) is 89.8 Å². The molecule has 258 valence electrons. The van der Waals surface area contributed by atoms with E-state index in [-0.39, 0.29) is 28.1 Å². The number of phenolic OH excluding ortho intramolecular Hbond substituents is 1. The lowest BCUT2D eigenvalue weighted by molar-refractivity contribution is -0.140. The van der Waals surface area contributed by atoms with Crippen molar-refractivity contribution in [2.45, 2.75) is 65.1 Å². The topological polar surface area (TPSA) is 140 Å². The van der Waals surface area contributed by atoms with Gasteiger partial charge in [-0.1, -0.05) is 57.0 Å². The highest BCUT2D eigenvalue weighted by Crippen LogP contribution is 2.29. The van der Waals surface area contributed by atoms with Crippen molar-refractivity contribution >= 4 is 51.7 Å². The molecule has 0 fully saturated rings. The number of halogens is 1. The first-order valence-electron chi connectivity index (χ1n) is 15.5. The van der Waals surface area contributed by atoms with Gasteiger partial charge in [0, 0.05) is 11.1 Å². The number of hydrogen-bond acceptors (Lipinski definition) is 8. The van der Waals surface area contributed by atoms with E-state index in [1.807, 2.05) is 39.0 Å². The van der Waals surface area contributed by atoms with Crippen LogP contribution in [0.1, 0.15) is 45.2 Å². The standard InChI is InChI=1S/C37H39ClN2O8S/c1-7-31(47-32-19-8-22(2)20-23(32)3)35(43)39-24-9-18-29(38)30(21-24)40-36(44)33(34(42)37(4,5)6)46-26-14-16-28(17-15-26)49(45)48-27-12-10-25(41)11-13-27/h8-21,31,33,41H,7H2,1-6H3,(H,39,43)(H,40,44). The molecular formula is C37H39ClN2O8S. The number of Topliss-reactive ketones (excluding diaryl/α,β-unsaturated/α-hetero) is 1. The molecule has 0 heterocycles. The third-order valence-corrected chi connectivity index (χ3v) is 8.58. The van der Waals surface area contributed by atoms with Gasteiger partial charge in [0.2, 0.25) is 17.2 Å². The first-order valence-corrected chi connectivity index (χ1v) is 16.9. The number of amides is 2. The van der Waals surface area contributed by atoms with E-state index in [0.29, 0.717) is 28.5 Å². The van der Waals surface area contributed by atoms with Crippen molar-refractivity contribution in [3.63, 3.8) is 0 Å². The molecule has 0 aliphatic heterocycles. The Hall–Kier alpha value is -4.87. The second-order valence-electron chi connectivity index (χ2n) is 12.4. The zero-order chi connectivity index (χ0) is 35.9. The third-order valence-electron chi connectivity index (χ3n) is 7.25. The normalized spacial score (nSPS) is 13.0. The molecule has 12 heteroatoms. The Labute approximate surface area is 293 Å². The molecule has 4 aromatic carbocycles. The van der Waals surface area contributed by atoms with E-state index in [1.54, 1.807) is 26.8 Å². The van der Waals surface area contributed by atoms with Gasteiger partial charge in [-0.25, -0.2) is 4.21 Å². The molecule has 0 saturated heterocycles. The monoisotopic (exact) mass is 706 g/mol. The molecule has 3 unspecified atom stereocenters. The number of hydrogen-bond donors (Lipinski definition) is 3. The van der Waals surface area contributed by atoms with Gasteiger partial charge in [0.25, 0.3) is 11.8 Å². The average Bonchev–Trinajstić information content (AvgIpc) is 3.05. The average molecular weight is 707 g/mol. The van der Waals surface area contributed by atoms with Crippen LogP contribution < -0.4 is 24.3 Å². The number of phenols is 1. The maximum absolute atomic E-state index is 13.6. The minimum absolute atomic E-state index is 0.0459. The highest BCUT2D eigenvalue weighted by Gasteiger charge is 2.37. The molecule has 0 saturated carbocycles. The van der Waals surface area contributed by atoms with Crippen molar-refractivity contribution in [1.29, 1.82) is 0 Å². The van der Waals surface area contributed by atoms with Gasteiger partial charge in [-0.3, -0.25) is 14.4 Å². The first kappa shape index (κ1) is 37.0. The Kier molecular flexibility index (Phi) is 12.1. The summed E-state index contributed by atoms with van der Waals surface area (Å²) in [6, 6.07) is 22.0. The largest absolute Gasteiger partial charge is 0.508 e. The van der Waals surface area contributed by atoms with Crippen LogP contribution in [0.25, 0.3) is 0 Å². The number of benzene rings is 4. The summed E-state index contributed by atoms with van der Waals surface area (Å²) in [6.07, 6.45) is -1.94. The molecule has 0 spiro atoms. The van der Waals surface area contributed by atoms with Crippen LogP contribution in [0.3, 0.4) is 0 Å². The molecule has 0 aliphatic rings. The maximum atomic E-state index is 13.6. The quantitative estimate of drug-likeness (QED) is 0.121. The van der Waals surface area contributed by atoms with Crippen molar-refractivity contribution in [3.8, 4) is 23.0 Å². The van der Waals surface area contributed by atoms with Crippen LogP contribution in [0.4, 0.5) is 11.4 Å². The van der Waals surface area contributed by atoms with Gasteiger partial charge in [-0.2, -0.15) is 0 Å². The van der Waals surface area contributed by atoms with Crippen LogP contribution in [-0.4, -0.2) is 39.1 Å². The number of carbonyl (C=O) groups is 3. The smallest absolute Gasteiger partial charge is 0.273 e. The van der Waals surface area contributed by atoms with Crippen LogP contribution in [0, 0.1) is 19.3 Å². The van der Waals surface area contributed by atoms with E-state index >= 15 is 0 Å². The van der Waals surface area contributed by atoms with E-state index in [9.17, 15) is 23.7 Å². The molecule has 0 aliphatic carbocycles. The summed E-state index contributed by atoms with van der Waals surface area (Å²) in [5.74, 6) is -0.543. The number of ether oxygens (including phenoxy) is 2. The highest BCUT2D eigenvalue weighted by molar-refractivity contribution is 7.80. The van der Waals surface area contributed by atoms with Crippen molar-refractivity contribution < 1.29 is 37.4 Å². The number of carbonyl (C=O) groups excluding carboxylic acids is 3. The SMILES string of the molecule is CCC(Oc1ccc(C)cc1C)C(=O)Nc1ccc(Cl)c(NC(=O)C(Oc2ccc(S(=O)Oc3ccc(O)cc3)cc2)C(=O)C(C)(C)C)c1. The lowest BCUT2D eigenvalue weighted by Gasteiger charge is -2.25. The highest BCUT2D eigenvalue weighted by atomic mass is 35.5. The van der Waals surface area contributed by atoms with Crippen LogP contribution in [0.2, 0.25) is 5.02 Å². The Morgan fingerprint density at radius 3 is 2.10 bits per heavy atom. The number of rotatable bonds is 13. The Morgan fingerprint density at radius 2 is 1.49 bits per heavy atom. The van der Waals surface area contributed by atoms with Crippen molar-refractivity contribution in [2.75, 3.05) is 10.6 Å². The van der Waals surface area contributed by atoms with E-state index in [2.05, 4.69) is 10.6 Å². The van der Waals surface area contributed by atoms with Gasteiger partial charge >= 0.3 is 0 Å². The number of nitrogens with one attached hydrogen (secondary N) is 2. The Morgan fingerprint density at radius 1 is 0.837 bits per heavy atom. The lowest BCUT2D eigenvalue weighted by atomic mass is 9.87. The molecule has 0 bridgehead atoms. The molecule has 0 radical (unpaired) electrons. The summed E-state index contributed by atoms with van der Waals surface area (Å²) >= 11 is 4.54. The second kappa shape index (κ2) is 16.0. The first-order chi connectivity index (χ1) is 23.1. The number of anilines is 2. The summed E-state index contributed by atoms with van der Waals surface area (Å²) in [5, 5.41) is 15.1. The van der Waals surface area contributed by atoms with Gasteiger partial charge in [0.05, 0.1) is 15.6 Å². The van der Waals surface area contributed by atoms with Gasteiger partial charge < -0.3 is 29.4 Å². The molecular weight excluding hydrogens is 668 g/mol. The minimum atomic E-state index is -1.88. The fourth-order valence-electron chi connectivity index (χ4n) is 4.55. The maximum Gasteiger partial charge on any atom is 0.273 e. The van der Waals surface area contributed by atoms with Crippen LogP contribution in [-0.2, 0) is 25.5 Å². The minimum Gasteiger partial charge on any atom is -0.508 e. The summed E-state index contributed by atoms with van der Waals surface area (Å²) in [4.78, 5) is 40.5. The summed E-state index contributed by atoms with van der Waals surface area (Å²) < 4.78 is 30.0. The predicted molar refractivity (Wildman–Crippen MR) is 190 cm³/mol. The molecule has 2 amide bonds. The molecule has 3 N–H and O–H groups in total. The van der Waals surface area contributed by atoms with Crippen LogP contribution >= 0.6 is 11.6 Å². The molecule has 4 aromatic rings. The molecule has 0 aromatic heterocycles. The Balaban J connectivity index is 1.47. The second-order valence-corrected chi connectivity index (χ2v) is 13.9. The van der Waals surface area contributed by atoms with Crippen molar-refractivity contribution in [3.05, 3.63) is 101 Å². The summed E-state index contributed by atoms with van der Waals surface area (Å²) in [7, 11) is 0. The van der Waals surface area contributed by atoms with Gasteiger partial charge in [0.15, 0.2) is 11.9 Å². The van der Waals surface area contributed by atoms with Gasteiger partial charge in [0.1, 0.15) is 23.0 Å². The zero-order valence-electron chi connectivity index (χ0n) is 28.0. The zero-order valence-corrected chi connectivity index (χ0v) is 29.6. The predicted octanol–water partition coefficient (Wildman–Crippen LogP) is 7.56. The number of aryl methyl sites for hydroxylation is 2. The lowest BCUT2D eigenvalue weighted by Crippen LogP contribution is -2.45. The van der Waals surface area contributed by atoms with Gasteiger partial charge in [-0.15, -0.1) is 0 Å². The molecule has 49 heavy (non-hydrogen) atoms. The van der Waals surface area contributed by atoms with Crippen molar-refractivity contribution in [2.24, 2.45) is 5.41 Å². The fourth-order valence-corrected chi connectivity index (χ4v) is 5.45. The van der Waals surface area contributed by atoms with E-state index < -0.39 is 40.4 Å². The van der Waals surface area contributed by atoms with Crippen molar-refractivity contribution in [1.82, 2.24) is 0 Å². The molecule has 4 rings (SSSR count). The number of ketones is 1. The van der Waals surface area contributed by atoms with E-state index in [0.717, 1.165) is 11.1 Å². The summed E-state index contributed by atoms with van der Waals surface area (Å²) in [5.41, 5.74) is 1.55. The summed E-state index contributed by atoms with van der Waals surface area (Å²) in [6.45, 7) is 10.7. The van der Waals surface area contributed by atoms with Crippen LogP contribution in [0.5, 0.6) is 23.0 Å². The molecule has 10 nitrogen and oxygen atoms in total.